The molecule has 13 nitrogen and oxygen atoms in total. The van der Waals surface area contributed by atoms with E-state index in [0.29, 0.717) is 12.0 Å². The topological polar surface area (TPSA) is 160 Å². The molecule has 1 fully saturated rings. The van der Waals surface area contributed by atoms with Gasteiger partial charge in [-0.2, -0.15) is 0 Å². The third-order valence-electron chi connectivity index (χ3n) is 7.84. The average molecular weight is 621 g/mol. The Morgan fingerprint density at radius 3 is 1.96 bits per heavy atom. The smallest absolute Gasteiger partial charge is 0.454 e. The first-order valence-electron chi connectivity index (χ1n) is 14.6. The van der Waals surface area contributed by atoms with Crippen LogP contribution in [0.2, 0.25) is 0 Å². The molecule has 1 saturated heterocycles. The first kappa shape index (κ1) is 30.2. The molecule has 2 aromatic heterocycles. The number of carbonyl (C=O) groups is 3. The van der Waals surface area contributed by atoms with Gasteiger partial charge in [0.05, 0.1) is 11.7 Å². The summed E-state index contributed by atoms with van der Waals surface area (Å²) in [4.78, 5) is 65.7. The van der Waals surface area contributed by atoms with Crippen molar-refractivity contribution in [3.8, 4) is 0 Å². The number of fused-ring (bicyclic) bond motifs is 1. The minimum Gasteiger partial charge on any atom is -0.454 e. The van der Waals surface area contributed by atoms with E-state index < -0.39 is 41.0 Å². The minimum absolute atomic E-state index is 0.0662. The lowest BCUT2D eigenvalue weighted by Gasteiger charge is -2.22. The fourth-order valence-corrected chi connectivity index (χ4v) is 5.49. The Hall–Kier alpha value is -5.82. The highest BCUT2D eigenvalue weighted by Crippen LogP contribution is 2.40. The van der Waals surface area contributed by atoms with Gasteiger partial charge in [-0.05, 0) is 57.7 Å². The van der Waals surface area contributed by atoms with Crippen LogP contribution in [0.25, 0.3) is 11.2 Å². The summed E-state index contributed by atoms with van der Waals surface area (Å²) in [5, 5.41) is 12.1. The number of imidazole rings is 1. The monoisotopic (exact) mass is 620 g/mol. The fraction of sp³-hybridized carbons (Fsp3) is 0.212. The SMILES string of the molecule is CC[C@H]1O[C@@H](n2cnc3c(N(C(=O)c4ccccc4)C(=O)c4ccccc4)nc([N+](=O)[O-])nc32)[C@H](OC(=O)c2ccccc2)[C@@H]1C. The number of hydrogen-bond donors (Lipinski definition) is 0. The molecule has 6 rings (SSSR count). The van der Waals surface area contributed by atoms with Crippen molar-refractivity contribution in [1.82, 2.24) is 19.5 Å². The number of aromatic nitrogens is 4. The third-order valence-corrected chi connectivity index (χ3v) is 7.84. The van der Waals surface area contributed by atoms with Crippen molar-refractivity contribution in [1.29, 1.82) is 0 Å². The quantitative estimate of drug-likeness (QED) is 0.0952. The van der Waals surface area contributed by atoms with Crippen LogP contribution in [0, 0.1) is 16.0 Å². The Labute approximate surface area is 262 Å². The molecule has 13 heteroatoms. The van der Waals surface area contributed by atoms with Crippen molar-refractivity contribution < 1.29 is 28.8 Å². The van der Waals surface area contributed by atoms with E-state index in [1.54, 1.807) is 66.7 Å². The van der Waals surface area contributed by atoms with Gasteiger partial charge in [-0.1, -0.05) is 68.4 Å². The van der Waals surface area contributed by atoms with Crippen LogP contribution < -0.4 is 4.90 Å². The number of anilines is 1. The summed E-state index contributed by atoms with van der Waals surface area (Å²) >= 11 is 0. The van der Waals surface area contributed by atoms with Crippen molar-refractivity contribution in [2.45, 2.75) is 38.7 Å². The summed E-state index contributed by atoms with van der Waals surface area (Å²) in [7, 11) is 0. The number of carbonyl (C=O) groups excluding carboxylic acids is 3. The molecular formula is C33H28N6O7. The molecule has 232 valence electrons. The van der Waals surface area contributed by atoms with E-state index in [-0.39, 0.29) is 40.1 Å². The number of hydrogen-bond acceptors (Lipinski definition) is 10. The second-order valence-corrected chi connectivity index (χ2v) is 10.7. The van der Waals surface area contributed by atoms with Gasteiger partial charge in [0, 0.05) is 17.0 Å². The molecule has 46 heavy (non-hydrogen) atoms. The molecule has 4 atom stereocenters. The second kappa shape index (κ2) is 12.7. The Morgan fingerprint density at radius 1 is 0.891 bits per heavy atom. The van der Waals surface area contributed by atoms with Gasteiger partial charge in [0.2, 0.25) is 5.65 Å². The number of nitro groups is 1. The van der Waals surface area contributed by atoms with E-state index in [9.17, 15) is 24.5 Å². The Bertz CT molecular complexity index is 1870. The zero-order chi connectivity index (χ0) is 32.4. The maximum Gasteiger partial charge on any atom is 0.473 e. The molecule has 1 aliphatic rings. The molecule has 3 aromatic carbocycles. The highest BCUT2D eigenvalue weighted by molar-refractivity contribution is 6.27. The van der Waals surface area contributed by atoms with Gasteiger partial charge in [0.15, 0.2) is 17.8 Å². The van der Waals surface area contributed by atoms with Crippen LogP contribution in [0.5, 0.6) is 0 Å². The molecule has 1 aliphatic heterocycles. The number of nitrogens with zero attached hydrogens (tertiary/aromatic N) is 6. The molecule has 0 N–H and O–H groups in total. The molecular weight excluding hydrogens is 592 g/mol. The van der Waals surface area contributed by atoms with Crippen LogP contribution in [-0.2, 0) is 9.47 Å². The van der Waals surface area contributed by atoms with Crippen LogP contribution in [0.1, 0.15) is 57.6 Å². The lowest BCUT2D eigenvalue weighted by atomic mass is 9.98. The van der Waals surface area contributed by atoms with Gasteiger partial charge in [-0.3, -0.25) is 14.2 Å². The molecule has 0 aliphatic carbocycles. The number of rotatable bonds is 8. The second-order valence-electron chi connectivity index (χ2n) is 10.7. The summed E-state index contributed by atoms with van der Waals surface area (Å²) in [6.07, 6.45) is -0.231. The lowest BCUT2D eigenvalue weighted by Crippen LogP contribution is -2.38. The van der Waals surface area contributed by atoms with Crippen molar-refractivity contribution in [2.24, 2.45) is 5.92 Å². The van der Waals surface area contributed by atoms with Gasteiger partial charge in [0.25, 0.3) is 17.6 Å². The van der Waals surface area contributed by atoms with Crippen LogP contribution in [0.4, 0.5) is 11.8 Å². The summed E-state index contributed by atoms with van der Waals surface area (Å²) in [6.45, 7) is 3.82. The molecule has 3 heterocycles. The number of amides is 2. The standard InChI is InChI=1S/C33H28N6O7/c1-3-24-20(2)26(46-32(42)23-17-11-6-12-18-23)31(45-24)37-19-34-25-27(37)35-33(39(43)44)36-28(25)38(29(40)21-13-7-4-8-14-21)30(41)22-15-9-5-10-16-22/h4-20,24,26,31H,3H2,1-2H3/t20-,24-,26-,31-/m1/s1. The molecule has 0 bridgehead atoms. The van der Waals surface area contributed by atoms with E-state index in [0.717, 1.165) is 4.90 Å². The lowest BCUT2D eigenvalue weighted by molar-refractivity contribution is -0.394. The maximum atomic E-state index is 13.9. The van der Waals surface area contributed by atoms with Crippen LogP contribution in [-0.4, -0.2) is 54.4 Å². The minimum atomic E-state index is -0.983. The molecule has 0 radical (unpaired) electrons. The Kier molecular flexibility index (Phi) is 8.31. The molecule has 0 spiro atoms. The Balaban J connectivity index is 1.50. The van der Waals surface area contributed by atoms with Crippen molar-refractivity contribution in [3.05, 3.63) is 124 Å². The van der Waals surface area contributed by atoms with Crippen LogP contribution in [0.15, 0.2) is 97.3 Å². The number of benzene rings is 3. The number of ether oxygens (including phenoxy) is 2. The van der Waals surface area contributed by atoms with Crippen LogP contribution in [0.3, 0.4) is 0 Å². The Morgan fingerprint density at radius 2 is 1.43 bits per heavy atom. The first-order chi connectivity index (χ1) is 22.3. The predicted molar refractivity (Wildman–Crippen MR) is 165 cm³/mol. The van der Waals surface area contributed by atoms with E-state index >= 15 is 0 Å². The maximum absolute atomic E-state index is 13.9. The summed E-state index contributed by atoms with van der Waals surface area (Å²) in [6, 6.07) is 24.5. The van der Waals surface area contributed by atoms with Gasteiger partial charge in [0.1, 0.15) is 6.33 Å². The molecule has 2 amide bonds. The van der Waals surface area contributed by atoms with E-state index in [4.69, 9.17) is 9.47 Å². The summed E-state index contributed by atoms with van der Waals surface area (Å²) < 4.78 is 13.7. The number of esters is 1. The van der Waals surface area contributed by atoms with Gasteiger partial charge in [-0.25, -0.2) is 14.7 Å². The normalized spacial score (nSPS) is 19.1. The largest absolute Gasteiger partial charge is 0.473 e. The molecule has 5 aromatic rings. The van der Waals surface area contributed by atoms with Gasteiger partial charge >= 0.3 is 11.9 Å². The highest BCUT2D eigenvalue weighted by Gasteiger charge is 2.46. The summed E-state index contributed by atoms with van der Waals surface area (Å²) in [5.74, 6) is -3.63. The van der Waals surface area contributed by atoms with Gasteiger partial charge < -0.3 is 19.6 Å². The van der Waals surface area contributed by atoms with Crippen molar-refractivity contribution in [3.63, 3.8) is 0 Å². The van der Waals surface area contributed by atoms with Crippen molar-refractivity contribution in [2.75, 3.05) is 4.90 Å². The van der Waals surface area contributed by atoms with E-state index in [1.807, 2.05) is 13.8 Å². The zero-order valence-electron chi connectivity index (χ0n) is 24.8. The van der Waals surface area contributed by atoms with Gasteiger partial charge in [-0.15, -0.1) is 0 Å². The van der Waals surface area contributed by atoms with Crippen LogP contribution >= 0.6 is 0 Å². The average Bonchev–Trinajstić information content (AvgIpc) is 3.66. The van der Waals surface area contributed by atoms with E-state index in [2.05, 4.69) is 15.0 Å². The van der Waals surface area contributed by atoms with E-state index in [1.165, 1.54) is 35.2 Å². The predicted octanol–water partition coefficient (Wildman–Crippen LogP) is 5.39. The zero-order valence-corrected chi connectivity index (χ0v) is 24.8. The third kappa shape index (κ3) is 5.59. The molecule has 0 unspecified atom stereocenters. The molecule has 0 saturated carbocycles. The summed E-state index contributed by atoms with van der Waals surface area (Å²) in [5.41, 5.74) is 0.486. The first-order valence-corrected chi connectivity index (χ1v) is 14.6. The fourth-order valence-electron chi connectivity index (χ4n) is 5.49. The highest BCUT2D eigenvalue weighted by atomic mass is 16.6. The number of imide groups is 1. The van der Waals surface area contributed by atoms with Crippen molar-refractivity contribution >= 4 is 40.7 Å².